The maximum absolute atomic E-state index is 2.54. The molecule has 0 heterocycles. The summed E-state index contributed by atoms with van der Waals surface area (Å²) in [6, 6.07) is 0. The molecule has 0 aromatic rings. The molecule has 2 fully saturated rings. The molecule has 0 aromatic heterocycles. The number of hydrogen-bond acceptors (Lipinski definition) is 0. The molecule has 0 heteroatoms. The van der Waals surface area contributed by atoms with Crippen LogP contribution >= 0.6 is 0 Å². The molecule has 1 atom stereocenters. The molecule has 100 valence electrons. The van der Waals surface area contributed by atoms with Crippen molar-refractivity contribution < 1.29 is 0 Å². The Morgan fingerprint density at radius 3 is 1.76 bits per heavy atom. The van der Waals surface area contributed by atoms with E-state index in [2.05, 4.69) is 20.8 Å². The van der Waals surface area contributed by atoms with Gasteiger partial charge in [0, 0.05) is 0 Å². The molecule has 0 bridgehead atoms. The van der Waals surface area contributed by atoms with Crippen molar-refractivity contribution >= 4 is 0 Å². The van der Waals surface area contributed by atoms with E-state index in [1.165, 1.54) is 57.8 Å². The first kappa shape index (κ1) is 13.4. The molecular formula is C17H32. The van der Waals surface area contributed by atoms with Crippen molar-refractivity contribution in [3.63, 3.8) is 0 Å². The highest BCUT2D eigenvalue weighted by Gasteiger charge is 2.26. The summed E-state index contributed by atoms with van der Waals surface area (Å²) in [5, 5.41) is 0. The lowest BCUT2D eigenvalue weighted by molar-refractivity contribution is 0.173. The maximum Gasteiger partial charge on any atom is -0.0388 e. The molecule has 0 aliphatic heterocycles. The topological polar surface area (TPSA) is 0 Å². The molecule has 17 heavy (non-hydrogen) atoms. The summed E-state index contributed by atoms with van der Waals surface area (Å²) in [7, 11) is 0. The summed E-state index contributed by atoms with van der Waals surface area (Å²) in [6.45, 7) is 7.41. The Bertz CT molecular complexity index is 204. The van der Waals surface area contributed by atoms with Gasteiger partial charge in [0.25, 0.3) is 0 Å². The summed E-state index contributed by atoms with van der Waals surface area (Å²) in [4.78, 5) is 0. The van der Waals surface area contributed by atoms with Crippen molar-refractivity contribution in [3.8, 4) is 0 Å². The van der Waals surface area contributed by atoms with Gasteiger partial charge < -0.3 is 0 Å². The average molecular weight is 236 g/mol. The molecule has 0 aromatic carbocycles. The molecule has 0 saturated heterocycles. The second-order valence-electron chi connectivity index (χ2n) is 7.36. The van der Waals surface area contributed by atoms with Crippen molar-refractivity contribution in [3.05, 3.63) is 0 Å². The van der Waals surface area contributed by atoms with Gasteiger partial charge in [-0.25, -0.2) is 0 Å². The predicted octanol–water partition coefficient (Wildman–Crippen LogP) is 5.67. The Kier molecular flexibility index (Phi) is 4.94. The SMILES string of the molecule is CC1CCC(CC(C)C2CCC(C)CC2)CC1. The predicted molar refractivity (Wildman–Crippen MR) is 76.0 cm³/mol. The van der Waals surface area contributed by atoms with Crippen LogP contribution in [0.2, 0.25) is 0 Å². The molecule has 2 aliphatic rings. The Morgan fingerprint density at radius 2 is 1.24 bits per heavy atom. The fraction of sp³-hybridized carbons (Fsp3) is 1.00. The van der Waals surface area contributed by atoms with E-state index < -0.39 is 0 Å². The van der Waals surface area contributed by atoms with E-state index in [9.17, 15) is 0 Å². The first-order chi connectivity index (χ1) is 8.15. The third-order valence-corrected chi connectivity index (χ3v) is 5.71. The van der Waals surface area contributed by atoms with Crippen LogP contribution in [0.25, 0.3) is 0 Å². The minimum Gasteiger partial charge on any atom is -0.0625 e. The average Bonchev–Trinajstić information content (AvgIpc) is 2.33. The molecule has 0 radical (unpaired) electrons. The zero-order valence-corrected chi connectivity index (χ0v) is 12.3. The van der Waals surface area contributed by atoms with Crippen LogP contribution in [0.1, 0.15) is 78.6 Å². The minimum absolute atomic E-state index is 1.00. The lowest BCUT2D eigenvalue weighted by Gasteiger charge is -2.34. The number of hydrogen-bond donors (Lipinski definition) is 0. The minimum atomic E-state index is 1.00. The lowest BCUT2D eigenvalue weighted by atomic mass is 9.71. The maximum atomic E-state index is 2.54. The van der Waals surface area contributed by atoms with Gasteiger partial charge in [-0.1, -0.05) is 59.3 Å². The van der Waals surface area contributed by atoms with Gasteiger partial charge in [-0.2, -0.15) is 0 Å². The second kappa shape index (κ2) is 6.25. The van der Waals surface area contributed by atoms with Crippen LogP contribution in [-0.2, 0) is 0 Å². The van der Waals surface area contributed by atoms with Gasteiger partial charge in [0.05, 0.1) is 0 Å². The quantitative estimate of drug-likeness (QED) is 0.592. The Morgan fingerprint density at radius 1 is 0.765 bits per heavy atom. The molecule has 1 unspecified atom stereocenters. The number of rotatable bonds is 3. The first-order valence-corrected chi connectivity index (χ1v) is 8.15. The molecule has 2 saturated carbocycles. The Balaban J connectivity index is 1.71. The van der Waals surface area contributed by atoms with Crippen LogP contribution < -0.4 is 0 Å². The van der Waals surface area contributed by atoms with E-state index in [0.29, 0.717) is 0 Å². The molecular weight excluding hydrogens is 204 g/mol. The molecule has 0 nitrogen and oxygen atoms in total. The third-order valence-electron chi connectivity index (χ3n) is 5.71. The van der Waals surface area contributed by atoms with Crippen LogP contribution in [0.4, 0.5) is 0 Å². The first-order valence-electron chi connectivity index (χ1n) is 8.15. The summed E-state index contributed by atoms with van der Waals surface area (Å²) in [5.74, 6) is 5.15. The second-order valence-corrected chi connectivity index (χ2v) is 7.36. The van der Waals surface area contributed by atoms with Crippen molar-refractivity contribution in [2.24, 2.45) is 29.6 Å². The van der Waals surface area contributed by atoms with Crippen LogP contribution in [0.15, 0.2) is 0 Å². The van der Waals surface area contributed by atoms with Gasteiger partial charge >= 0.3 is 0 Å². The molecule has 0 amide bonds. The van der Waals surface area contributed by atoms with E-state index in [4.69, 9.17) is 0 Å². The monoisotopic (exact) mass is 236 g/mol. The third kappa shape index (κ3) is 4.00. The summed E-state index contributed by atoms with van der Waals surface area (Å²) < 4.78 is 0. The molecule has 0 spiro atoms. The van der Waals surface area contributed by atoms with E-state index in [1.807, 2.05) is 0 Å². The van der Waals surface area contributed by atoms with Crippen LogP contribution in [0, 0.1) is 29.6 Å². The fourth-order valence-corrected chi connectivity index (χ4v) is 4.14. The van der Waals surface area contributed by atoms with E-state index in [1.54, 1.807) is 0 Å². The normalized spacial score (nSPS) is 41.1. The van der Waals surface area contributed by atoms with E-state index in [0.717, 1.165) is 29.6 Å². The van der Waals surface area contributed by atoms with Crippen molar-refractivity contribution in [2.45, 2.75) is 78.6 Å². The Labute approximate surface area is 109 Å². The Hall–Kier alpha value is 0. The van der Waals surface area contributed by atoms with Crippen molar-refractivity contribution in [1.29, 1.82) is 0 Å². The van der Waals surface area contributed by atoms with Crippen molar-refractivity contribution in [2.75, 3.05) is 0 Å². The highest BCUT2D eigenvalue weighted by Crippen LogP contribution is 2.39. The van der Waals surface area contributed by atoms with Crippen LogP contribution in [0.3, 0.4) is 0 Å². The largest absolute Gasteiger partial charge is 0.0625 e. The molecule has 0 N–H and O–H groups in total. The summed E-state index contributed by atoms with van der Waals surface area (Å²) in [5.41, 5.74) is 0. The summed E-state index contributed by atoms with van der Waals surface area (Å²) in [6.07, 6.45) is 13.6. The highest BCUT2D eigenvalue weighted by molar-refractivity contribution is 4.78. The lowest BCUT2D eigenvalue weighted by Crippen LogP contribution is -2.22. The van der Waals surface area contributed by atoms with Gasteiger partial charge in [0.15, 0.2) is 0 Å². The van der Waals surface area contributed by atoms with Crippen LogP contribution in [0.5, 0.6) is 0 Å². The standard InChI is InChI=1S/C17H32/c1-13-4-8-16(9-5-13)12-15(3)17-10-6-14(2)7-11-17/h13-17H,4-12H2,1-3H3. The zero-order valence-electron chi connectivity index (χ0n) is 12.3. The summed E-state index contributed by atoms with van der Waals surface area (Å²) >= 11 is 0. The van der Waals surface area contributed by atoms with Crippen LogP contribution in [-0.4, -0.2) is 0 Å². The zero-order chi connectivity index (χ0) is 12.3. The molecule has 2 rings (SSSR count). The fourth-order valence-electron chi connectivity index (χ4n) is 4.14. The van der Waals surface area contributed by atoms with Gasteiger partial charge in [0.1, 0.15) is 0 Å². The smallest absolute Gasteiger partial charge is 0.0388 e. The van der Waals surface area contributed by atoms with Gasteiger partial charge in [-0.3, -0.25) is 0 Å². The van der Waals surface area contributed by atoms with Gasteiger partial charge in [0.2, 0.25) is 0 Å². The van der Waals surface area contributed by atoms with Gasteiger partial charge in [-0.05, 0) is 48.9 Å². The highest BCUT2D eigenvalue weighted by atomic mass is 14.3. The van der Waals surface area contributed by atoms with Crippen molar-refractivity contribution in [1.82, 2.24) is 0 Å². The van der Waals surface area contributed by atoms with E-state index in [-0.39, 0.29) is 0 Å². The van der Waals surface area contributed by atoms with E-state index >= 15 is 0 Å². The van der Waals surface area contributed by atoms with Gasteiger partial charge in [-0.15, -0.1) is 0 Å². The molecule has 2 aliphatic carbocycles.